The number of hydrogen-bond donors (Lipinski definition) is 1. The topological polar surface area (TPSA) is 39.9 Å². The molecule has 0 amide bonds. The Balaban J connectivity index is 1.68. The Hall–Kier alpha value is -1.59. The zero-order chi connectivity index (χ0) is 21.1. The fraction of sp³-hybridized carbons (Fsp3) is 0.520. The zero-order valence-corrected chi connectivity index (χ0v) is 18.7. The molecule has 1 aromatic heterocycles. The van der Waals surface area contributed by atoms with Crippen LogP contribution in [0.25, 0.3) is 0 Å². The van der Waals surface area contributed by atoms with E-state index in [4.69, 9.17) is 16.0 Å². The van der Waals surface area contributed by atoms with E-state index >= 15 is 0 Å². The smallest absolute Gasteiger partial charge is 0.113 e. The molecule has 5 heteroatoms. The predicted octanol–water partition coefficient (Wildman–Crippen LogP) is 4.59. The van der Waals surface area contributed by atoms with Crippen LogP contribution in [0.15, 0.2) is 59.2 Å². The van der Waals surface area contributed by atoms with Crippen LogP contribution in [-0.2, 0) is 6.42 Å². The van der Waals surface area contributed by atoms with Gasteiger partial charge in [0.1, 0.15) is 5.76 Å². The third-order valence-corrected chi connectivity index (χ3v) is 7.22. The van der Waals surface area contributed by atoms with Gasteiger partial charge in [0.2, 0.25) is 0 Å². The molecular formula is C25H33ClN2O2. The van der Waals surface area contributed by atoms with Crippen LogP contribution in [-0.4, -0.2) is 60.3 Å². The van der Waals surface area contributed by atoms with Crippen LogP contribution in [0.1, 0.15) is 36.5 Å². The summed E-state index contributed by atoms with van der Waals surface area (Å²) in [6.07, 6.45) is 5.23. The van der Waals surface area contributed by atoms with E-state index in [2.05, 4.69) is 23.4 Å². The molecule has 1 N–H and O–H groups in total. The Kier molecular flexibility index (Phi) is 6.69. The fourth-order valence-electron chi connectivity index (χ4n) is 5.23. The first kappa shape index (κ1) is 21.6. The molecule has 2 aromatic rings. The first-order valence-corrected chi connectivity index (χ1v) is 11.4. The van der Waals surface area contributed by atoms with Gasteiger partial charge in [-0.05, 0) is 56.1 Å². The van der Waals surface area contributed by atoms with E-state index in [0.29, 0.717) is 11.4 Å². The lowest BCUT2D eigenvalue weighted by molar-refractivity contribution is -0.0521. The SMILES string of the molecule is C=C1CCCC(CN2CCN(C)CC2)C(O)(Cc2ccc(Cl)cc2)C1c1ccco1. The summed E-state index contributed by atoms with van der Waals surface area (Å²) in [7, 11) is 2.18. The molecule has 3 unspecified atom stereocenters. The van der Waals surface area contributed by atoms with Crippen LogP contribution in [0.4, 0.5) is 0 Å². The van der Waals surface area contributed by atoms with Gasteiger partial charge in [0.25, 0.3) is 0 Å². The van der Waals surface area contributed by atoms with Crippen LogP contribution in [0, 0.1) is 5.92 Å². The molecule has 3 atom stereocenters. The van der Waals surface area contributed by atoms with Gasteiger partial charge in [-0.3, -0.25) is 0 Å². The van der Waals surface area contributed by atoms with Crippen molar-refractivity contribution >= 4 is 11.6 Å². The third kappa shape index (κ3) is 4.67. The molecule has 4 nitrogen and oxygen atoms in total. The molecule has 4 rings (SSSR count). The summed E-state index contributed by atoms with van der Waals surface area (Å²) >= 11 is 6.12. The molecular weight excluding hydrogens is 396 g/mol. The van der Waals surface area contributed by atoms with E-state index in [1.54, 1.807) is 6.26 Å². The number of aliphatic hydroxyl groups is 1. The predicted molar refractivity (Wildman–Crippen MR) is 122 cm³/mol. The summed E-state index contributed by atoms with van der Waals surface area (Å²) in [4.78, 5) is 4.89. The van der Waals surface area contributed by atoms with Gasteiger partial charge >= 0.3 is 0 Å². The minimum absolute atomic E-state index is 0.144. The number of benzene rings is 1. The van der Waals surface area contributed by atoms with E-state index in [-0.39, 0.29) is 11.8 Å². The first-order chi connectivity index (χ1) is 14.5. The van der Waals surface area contributed by atoms with E-state index in [1.807, 2.05) is 36.4 Å². The maximum absolute atomic E-state index is 12.4. The second-order valence-corrected chi connectivity index (χ2v) is 9.53. The van der Waals surface area contributed by atoms with Gasteiger partial charge in [-0.1, -0.05) is 35.9 Å². The van der Waals surface area contributed by atoms with E-state index in [0.717, 1.165) is 68.9 Å². The van der Waals surface area contributed by atoms with Crippen molar-refractivity contribution in [2.75, 3.05) is 39.8 Å². The van der Waals surface area contributed by atoms with Crippen molar-refractivity contribution in [3.8, 4) is 0 Å². The van der Waals surface area contributed by atoms with Crippen LogP contribution in [0.2, 0.25) is 5.02 Å². The average molecular weight is 429 g/mol. The quantitative estimate of drug-likeness (QED) is 0.558. The molecule has 2 aliphatic rings. The van der Waals surface area contributed by atoms with Crippen molar-refractivity contribution in [2.45, 2.75) is 37.2 Å². The van der Waals surface area contributed by atoms with Crippen molar-refractivity contribution in [3.63, 3.8) is 0 Å². The summed E-state index contributed by atoms with van der Waals surface area (Å²) in [6.45, 7) is 9.56. The van der Waals surface area contributed by atoms with Gasteiger partial charge in [-0.15, -0.1) is 0 Å². The average Bonchev–Trinajstić information content (AvgIpc) is 3.21. The van der Waals surface area contributed by atoms with E-state index in [1.165, 1.54) is 0 Å². The number of furan rings is 1. The van der Waals surface area contributed by atoms with Gasteiger partial charge < -0.3 is 19.3 Å². The highest BCUT2D eigenvalue weighted by Crippen LogP contribution is 2.47. The molecule has 2 heterocycles. The second-order valence-electron chi connectivity index (χ2n) is 9.09. The number of likely N-dealkylation sites (N-methyl/N-ethyl adjacent to an activating group) is 1. The first-order valence-electron chi connectivity index (χ1n) is 11.0. The summed E-state index contributed by atoms with van der Waals surface area (Å²) < 4.78 is 5.84. The van der Waals surface area contributed by atoms with Gasteiger partial charge in [-0.2, -0.15) is 0 Å². The zero-order valence-electron chi connectivity index (χ0n) is 17.9. The minimum atomic E-state index is -0.956. The molecule has 0 radical (unpaired) electrons. The van der Waals surface area contributed by atoms with E-state index in [9.17, 15) is 5.11 Å². The molecule has 1 aromatic carbocycles. The highest BCUT2D eigenvalue weighted by molar-refractivity contribution is 6.30. The van der Waals surface area contributed by atoms with Crippen molar-refractivity contribution in [1.82, 2.24) is 9.80 Å². The van der Waals surface area contributed by atoms with E-state index < -0.39 is 5.60 Å². The standard InChI is InChI=1S/C25H33ClN2O2/c1-19-5-3-6-21(18-28-14-12-27(2)13-15-28)25(29,24(19)23-7-4-16-30-23)17-20-8-10-22(26)11-9-20/h4,7-11,16,21,24,29H,1,3,5-6,12-15,17-18H2,2H3. The summed E-state index contributed by atoms with van der Waals surface area (Å²) in [5.41, 5.74) is 1.21. The van der Waals surface area contributed by atoms with Gasteiger partial charge in [0.15, 0.2) is 0 Å². The lowest BCUT2D eigenvalue weighted by Gasteiger charge is -2.44. The van der Waals surface area contributed by atoms with Crippen molar-refractivity contribution in [1.29, 1.82) is 0 Å². The van der Waals surface area contributed by atoms with Gasteiger partial charge in [0.05, 0.1) is 17.8 Å². The van der Waals surface area contributed by atoms with Gasteiger partial charge in [-0.25, -0.2) is 0 Å². The second kappa shape index (κ2) is 9.27. The lowest BCUT2D eigenvalue weighted by atomic mass is 9.70. The minimum Gasteiger partial charge on any atom is -0.469 e. The molecule has 1 aliphatic carbocycles. The number of rotatable bonds is 5. The van der Waals surface area contributed by atoms with Crippen molar-refractivity contribution in [2.24, 2.45) is 5.92 Å². The third-order valence-electron chi connectivity index (χ3n) is 6.97. The highest BCUT2D eigenvalue weighted by atomic mass is 35.5. The monoisotopic (exact) mass is 428 g/mol. The Morgan fingerprint density at radius 2 is 1.90 bits per heavy atom. The van der Waals surface area contributed by atoms with Gasteiger partial charge in [0, 0.05) is 50.1 Å². The number of nitrogens with zero attached hydrogens (tertiary/aromatic N) is 2. The van der Waals surface area contributed by atoms with Crippen LogP contribution < -0.4 is 0 Å². The molecule has 162 valence electrons. The molecule has 1 saturated carbocycles. The van der Waals surface area contributed by atoms with Crippen LogP contribution in [0.5, 0.6) is 0 Å². The Morgan fingerprint density at radius 1 is 1.17 bits per heavy atom. The molecule has 1 aliphatic heterocycles. The number of piperazine rings is 1. The summed E-state index contributed by atoms with van der Waals surface area (Å²) in [5, 5.41) is 13.1. The molecule has 1 saturated heterocycles. The number of hydrogen-bond acceptors (Lipinski definition) is 4. The summed E-state index contributed by atoms with van der Waals surface area (Å²) in [6, 6.07) is 11.8. The molecule has 0 bridgehead atoms. The normalized spacial score (nSPS) is 29.1. The lowest BCUT2D eigenvalue weighted by Crippen LogP contribution is -2.53. The van der Waals surface area contributed by atoms with Crippen LogP contribution in [0.3, 0.4) is 0 Å². The molecule has 30 heavy (non-hydrogen) atoms. The number of halogens is 1. The Morgan fingerprint density at radius 3 is 2.57 bits per heavy atom. The van der Waals surface area contributed by atoms with Crippen molar-refractivity contribution in [3.05, 3.63) is 71.2 Å². The fourth-order valence-corrected chi connectivity index (χ4v) is 5.36. The largest absolute Gasteiger partial charge is 0.469 e. The maximum atomic E-state index is 12.4. The van der Waals surface area contributed by atoms with Crippen LogP contribution >= 0.6 is 11.6 Å². The van der Waals surface area contributed by atoms with Crippen molar-refractivity contribution < 1.29 is 9.52 Å². The molecule has 0 spiro atoms. The Labute approximate surface area is 185 Å². The Bertz CT molecular complexity index is 827. The maximum Gasteiger partial charge on any atom is 0.113 e. The summed E-state index contributed by atoms with van der Waals surface area (Å²) in [5.74, 6) is 0.760. The molecule has 2 fully saturated rings. The highest BCUT2D eigenvalue weighted by Gasteiger charge is 2.48.